The van der Waals surface area contributed by atoms with Gasteiger partial charge < -0.3 is 18.9 Å². The van der Waals surface area contributed by atoms with Gasteiger partial charge in [-0.25, -0.2) is 0 Å². The molecular formula is C22H25N3O4. The predicted octanol–water partition coefficient (Wildman–Crippen LogP) is 3.73. The summed E-state index contributed by atoms with van der Waals surface area (Å²) in [7, 11) is 3.30. The maximum atomic E-state index is 12.7. The number of likely N-dealkylation sites (N-methyl/N-ethyl adjacent to an activating group) is 1. The number of nitrogens with zero attached hydrogens (tertiary/aromatic N) is 3. The Bertz CT molecular complexity index is 953. The molecule has 0 bridgehead atoms. The summed E-state index contributed by atoms with van der Waals surface area (Å²) in [6.07, 6.45) is 0.208. The van der Waals surface area contributed by atoms with Crippen molar-refractivity contribution < 1.29 is 18.8 Å². The Balaban J connectivity index is 1.62. The maximum Gasteiger partial charge on any atom is 0.263 e. The molecule has 0 aliphatic heterocycles. The van der Waals surface area contributed by atoms with Crippen LogP contribution in [0.25, 0.3) is 11.4 Å². The van der Waals surface area contributed by atoms with Gasteiger partial charge >= 0.3 is 0 Å². The van der Waals surface area contributed by atoms with E-state index in [0.717, 1.165) is 29.0 Å². The summed E-state index contributed by atoms with van der Waals surface area (Å²) in [6.45, 7) is 3.99. The van der Waals surface area contributed by atoms with E-state index < -0.39 is 6.10 Å². The molecule has 1 heterocycles. The molecule has 2 aromatic carbocycles. The second-order valence-corrected chi connectivity index (χ2v) is 6.66. The van der Waals surface area contributed by atoms with Crippen LogP contribution in [0, 0.1) is 0 Å². The van der Waals surface area contributed by atoms with Crippen LogP contribution in [0.15, 0.2) is 53.1 Å². The quantitative estimate of drug-likeness (QED) is 0.578. The Morgan fingerprint density at radius 2 is 1.90 bits per heavy atom. The van der Waals surface area contributed by atoms with Crippen LogP contribution in [0.2, 0.25) is 0 Å². The number of aromatic nitrogens is 2. The van der Waals surface area contributed by atoms with Crippen molar-refractivity contribution in [3.63, 3.8) is 0 Å². The van der Waals surface area contributed by atoms with E-state index in [1.54, 1.807) is 21.1 Å². The molecule has 0 saturated carbocycles. The largest absolute Gasteiger partial charge is 0.497 e. The first kappa shape index (κ1) is 20.4. The molecule has 1 aromatic heterocycles. The van der Waals surface area contributed by atoms with Crippen LogP contribution in [-0.2, 0) is 17.8 Å². The Labute approximate surface area is 170 Å². The first-order valence-electron chi connectivity index (χ1n) is 9.48. The Hall–Kier alpha value is -3.35. The molecule has 0 aliphatic carbocycles. The van der Waals surface area contributed by atoms with E-state index in [0.29, 0.717) is 11.7 Å². The molecule has 0 N–H and O–H groups in total. The van der Waals surface area contributed by atoms with Crippen LogP contribution in [0.4, 0.5) is 0 Å². The topological polar surface area (TPSA) is 77.7 Å². The monoisotopic (exact) mass is 395 g/mol. The van der Waals surface area contributed by atoms with Gasteiger partial charge in [-0.3, -0.25) is 4.79 Å². The summed E-state index contributed by atoms with van der Waals surface area (Å²) < 4.78 is 16.3. The summed E-state index contributed by atoms with van der Waals surface area (Å²) >= 11 is 0. The molecule has 7 heteroatoms. The lowest BCUT2D eigenvalue weighted by Gasteiger charge is -2.21. The third-order valence-electron chi connectivity index (χ3n) is 4.57. The fourth-order valence-electron chi connectivity index (χ4n) is 2.92. The Morgan fingerprint density at radius 3 is 2.59 bits per heavy atom. The van der Waals surface area contributed by atoms with E-state index in [9.17, 15) is 4.79 Å². The highest BCUT2D eigenvalue weighted by atomic mass is 16.5. The van der Waals surface area contributed by atoms with Crippen molar-refractivity contribution in [3.8, 4) is 22.9 Å². The second kappa shape index (κ2) is 9.23. The molecule has 1 atom stereocenters. The minimum absolute atomic E-state index is 0.167. The molecule has 0 spiro atoms. The van der Waals surface area contributed by atoms with E-state index in [1.165, 1.54) is 4.90 Å². The van der Waals surface area contributed by atoms with Crippen LogP contribution in [0.1, 0.15) is 25.3 Å². The molecule has 3 aromatic rings. The highest BCUT2D eigenvalue weighted by molar-refractivity contribution is 5.80. The van der Waals surface area contributed by atoms with Crippen molar-refractivity contribution in [1.82, 2.24) is 15.0 Å². The number of carbonyl (C=O) groups is 1. The molecule has 1 amide bonds. The minimum atomic E-state index is -0.628. The van der Waals surface area contributed by atoms with Gasteiger partial charge in [0.25, 0.3) is 5.91 Å². The molecule has 0 fully saturated rings. The fraction of sp³-hybridized carbons (Fsp3) is 0.318. The number of hydrogen-bond donors (Lipinski definition) is 0. The minimum Gasteiger partial charge on any atom is -0.497 e. The molecule has 29 heavy (non-hydrogen) atoms. The molecule has 0 aliphatic rings. The first-order valence-corrected chi connectivity index (χ1v) is 9.48. The molecular weight excluding hydrogens is 370 g/mol. The lowest BCUT2D eigenvalue weighted by Crippen LogP contribution is -2.37. The summed E-state index contributed by atoms with van der Waals surface area (Å²) in [5, 5.41) is 3.99. The SMILES string of the molecule is CCc1ccccc1O[C@H](C)C(=O)N(C)Cc1nc(-c2ccc(OC)cc2)no1. The van der Waals surface area contributed by atoms with Crippen molar-refractivity contribution in [3.05, 3.63) is 60.0 Å². The van der Waals surface area contributed by atoms with E-state index in [1.807, 2.05) is 48.5 Å². The van der Waals surface area contributed by atoms with Gasteiger partial charge in [0.15, 0.2) is 6.10 Å². The molecule has 152 valence electrons. The number of hydrogen-bond acceptors (Lipinski definition) is 6. The zero-order valence-electron chi connectivity index (χ0n) is 17.1. The molecule has 7 nitrogen and oxygen atoms in total. The van der Waals surface area contributed by atoms with E-state index in [-0.39, 0.29) is 12.5 Å². The Morgan fingerprint density at radius 1 is 1.17 bits per heavy atom. The van der Waals surface area contributed by atoms with E-state index >= 15 is 0 Å². The standard InChI is InChI=1S/C22H25N3O4/c1-5-16-8-6-7-9-19(16)28-15(2)22(26)25(3)14-20-23-21(24-29-20)17-10-12-18(27-4)13-11-17/h6-13,15H,5,14H2,1-4H3/t15-/m1/s1. The van der Waals surface area contributed by atoms with Gasteiger partial charge in [0.05, 0.1) is 13.7 Å². The summed E-state index contributed by atoms with van der Waals surface area (Å²) in [6, 6.07) is 15.1. The fourth-order valence-corrected chi connectivity index (χ4v) is 2.92. The molecule has 3 rings (SSSR count). The van der Waals surface area contributed by atoms with Gasteiger partial charge in [-0.2, -0.15) is 4.98 Å². The lowest BCUT2D eigenvalue weighted by molar-refractivity contribution is -0.137. The normalized spacial score (nSPS) is 11.7. The highest BCUT2D eigenvalue weighted by Crippen LogP contribution is 2.21. The van der Waals surface area contributed by atoms with Crippen molar-refractivity contribution in [2.24, 2.45) is 0 Å². The third kappa shape index (κ3) is 4.93. The number of amides is 1. The molecule has 0 saturated heterocycles. The number of benzene rings is 2. The second-order valence-electron chi connectivity index (χ2n) is 6.66. The third-order valence-corrected chi connectivity index (χ3v) is 4.57. The number of methoxy groups -OCH3 is 1. The maximum absolute atomic E-state index is 12.7. The van der Waals surface area contributed by atoms with Gasteiger partial charge in [-0.1, -0.05) is 30.3 Å². The number of carbonyl (C=O) groups excluding carboxylic acids is 1. The van der Waals surface area contributed by atoms with Crippen molar-refractivity contribution in [1.29, 1.82) is 0 Å². The van der Waals surface area contributed by atoms with Crippen LogP contribution >= 0.6 is 0 Å². The number of para-hydroxylation sites is 1. The number of ether oxygens (including phenoxy) is 2. The van der Waals surface area contributed by atoms with Crippen molar-refractivity contribution >= 4 is 5.91 Å². The average molecular weight is 395 g/mol. The number of rotatable bonds is 8. The van der Waals surface area contributed by atoms with Crippen LogP contribution in [0.3, 0.4) is 0 Å². The van der Waals surface area contributed by atoms with E-state index in [2.05, 4.69) is 17.1 Å². The van der Waals surface area contributed by atoms with Gasteiger partial charge in [0.2, 0.25) is 11.7 Å². The zero-order valence-corrected chi connectivity index (χ0v) is 17.1. The van der Waals surface area contributed by atoms with Gasteiger partial charge in [0, 0.05) is 12.6 Å². The molecule has 0 radical (unpaired) electrons. The number of aryl methyl sites for hydroxylation is 1. The molecule has 0 unspecified atom stereocenters. The van der Waals surface area contributed by atoms with Gasteiger partial charge in [-0.05, 0) is 49.2 Å². The smallest absolute Gasteiger partial charge is 0.263 e. The lowest BCUT2D eigenvalue weighted by atomic mass is 10.1. The summed E-state index contributed by atoms with van der Waals surface area (Å²) in [4.78, 5) is 18.6. The predicted molar refractivity (Wildman–Crippen MR) is 109 cm³/mol. The summed E-state index contributed by atoms with van der Waals surface area (Å²) in [5.41, 5.74) is 1.87. The van der Waals surface area contributed by atoms with Crippen LogP contribution in [0.5, 0.6) is 11.5 Å². The first-order chi connectivity index (χ1) is 14.0. The van der Waals surface area contributed by atoms with E-state index in [4.69, 9.17) is 14.0 Å². The van der Waals surface area contributed by atoms with Crippen molar-refractivity contribution in [2.45, 2.75) is 32.9 Å². The Kier molecular flexibility index (Phi) is 6.49. The van der Waals surface area contributed by atoms with Crippen LogP contribution < -0.4 is 9.47 Å². The summed E-state index contributed by atoms with van der Waals surface area (Å²) in [5.74, 6) is 2.13. The van der Waals surface area contributed by atoms with Crippen LogP contribution in [-0.4, -0.2) is 41.2 Å². The van der Waals surface area contributed by atoms with Gasteiger partial charge in [0.1, 0.15) is 11.5 Å². The van der Waals surface area contributed by atoms with Crippen molar-refractivity contribution in [2.75, 3.05) is 14.2 Å². The zero-order chi connectivity index (χ0) is 20.8. The average Bonchev–Trinajstić information content (AvgIpc) is 3.22. The highest BCUT2D eigenvalue weighted by Gasteiger charge is 2.22. The van der Waals surface area contributed by atoms with Gasteiger partial charge in [-0.15, -0.1) is 0 Å².